The van der Waals surface area contributed by atoms with E-state index in [1.54, 1.807) is 0 Å². The molecule has 0 spiro atoms. The molecule has 4 nitrogen and oxygen atoms in total. The van der Waals surface area contributed by atoms with E-state index in [0.29, 0.717) is 0 Å². The molecule has 0 bridgehead atoms. The lowest BCUT2D eigenvalue weighted by molar-refractivity contribution is -0.127. The smallest absolute Gasteiger partial charge is 0.247 e. The Bertz CT molecular complexity index is 487. The van der Waals surface area contributed by atoms with E-state index in [0.717, 1.165) is 23.4 Å². The summed E-state index contributed by atoms with van der Waals surface area (Å²) in [6.07, 6.45) is 0. The van der Waals surface area contributed by atoms with E-state index in [-0.39, 0.29) is 18.6 Å². The summed E-state index contributed by atoms with van der Waals surface area (Å²) in [4.78, 5) is 16.3. The van der Waals surface area contributed by atoms with Crippen LogP contribution in [0.25, 0.3) is 0 Å². The molecule has 1 saturated heterocycles. The molecular weight excluding hydrogens is 240 g/mol. The standard InChI is InChI=1S/C15H22N2O2/c1-10-5-6-11(2)13(7-10)17-12(3)8-16(4)14(9-18)15(17)19/h5-7,12,14,18H,8-9H2,1-4H3. The summed E-state index contributed by atoms with van der Waals surface area (Å²) in [6.45, 7) is 6.72. The number of rotatable bonds is 2. The maximum atomic E-state index is 12.6. The molecule has 0 saturated carbocycles. The van der Waals surface area contributed by atoms with Gasteiger partial charge in [-0.15, -0.1) is 0 Å². The molecule has 1 aromatic rings. The quantitative estimate of drug-likeness (QED) is 0.874. The van der Waals surface area contributed by atoms with Crippen LogP contribution in [0.4, 0.5) is 5.69 Å². The summed E-state index contributed by atoms with van der Waals surface area (Å²) in [6, 6.07) is 5.81. The van der Waals surface area contributed by atoms with E-state index in [2.05, 4.69) is 0 Å². The molecule has 1 heterocycles. The van der Waals surface area contributed by atoms with Crippen molar-refractivity contribution in [1.29, 1.82) is 0 Å². The molecule has 1 aromatic carbocycles. The molecule has 1 amide bonds. The number of aryl methyl sites for hydroxylation is 2. The number of likely N-dealkylation sites (N-methyl/N-ethyl adjacent to an activating group) is 1. The van der Waals surface area contributed by atoms with Crippen molar-refractivity contribution in [3.05, 3.63) is 29.3 Å². The maximum absolute atomic E-state index is 12.6. The largest absolute Gasteiger partial charge is 0.394 e. The summed E-state index contributed by atoms with van der Waals surface area (Å²) < 4.78 is 0. The fourth-order valence-electron chi connectivity index (χ4n) is 2.74. The maximum Gasteiger partial charge on any atom is 0.247 e. The number of hydrogen-bond donors (Lipinski definition) is 1. The van der Waals surface area contributed by atoms with E-state index in [1.807, 2.05) is 55.8 Å². The van der Waals surface area contributed by atoms with Gasteiger partial charge in [-0.1, -0.05) is 12.1 Å². The van der Waals surface area contributed by atoms with Crippen molar-refractivity contribution in [1.82, 2.24) is 4.90 Å². The predicted octanol–water partition coefficient (Wildman–Crippen LogP) is 1.33. The fourth-order valence-corrected chi connectivity index (χ4v) is 2.74. The minimum atomic E-state index is -0.434. The van der Waals surface area contributed by atoms with Crippen LogP contribution in [-0.4, -0.2) is 48.2 Å². The van der Waals surface area contributed by atoms with Gasteiger partial charge in [0.15, 0.2) is 0 Å². The van der Waals surface area contributed by atoms with Crippen LogP contribution in [0, 0.1) is 13.8 Å². The number of amides is 1. The highest BCUT2D eigenvalue weighted by Crippen LogP contribution is 2.27. The Balaban J connectivity index is 2.42. The Morgan fingerprint density at radius 2 is 2.05 bits per heavy atom. The van der Waals surface area contributed by atoms with Crippen LogP contribution in [0.5, 0.6) is 0 Å². The van der Waals surface area contributed by atoms with E-state index in [4.69, 9.17) is 0 Å². The number of aliphatic hydroxyl groups excluding tert-OH is 1. The first-order chi connectivity index (χ1) is 8.95. The molecule has 2 unspecified atom stereocenters. The predicted molar refractivity (Wildman–Crippen MR) is 76.4 cm³/mol. The van der Waals surface area contributed by atoms with Crippen LogP contribution in [0.2, 0.25) is 0 Å². The molecule has 1 aliphatic heterocycles. The van der Waals surface area contributed by atoms with Gasteiger partial charge < -0.3 is 10.0 Å². The zero-order valence-electron chi connectivity index (χ0n) is 12.1. The highest BCUT2D eigenvalue weighted by molar-refractivity contribution is 5.99. The number of piperazine rings is 1. The summed E-state index contributed by atoms with van der Waals surface area (Å²) in [5, 5.41) is 9.42. The molecule has 1 N–H and O–H groups in total. The van der Waals surface area contributed by atoms with Crippen LogP contribution in [0.3, 0.4) is 0 Å². The van der Waals surface area contributed by atoms with Crippen molar-refractivity contribution < 1.29 is 9.90 Å². The molecule has 2 atom stereocenters. The Hall–Kier alpha value is -1.39. The molecular formula is C15H22N2O2. The Labute approximate surface area is 114 Å². The van der Waals surface area contributed by atoms with Crippen LogP contribution < -0.4 is 4.90 Å². The lowest BCUT2D eigenvalue weighted by atomic mass is 10.0. The first kappa shape index (κ1) is 14.0. The number of benzene rings is 1. The average Bonchev–Trinajstić information content (AvgIpc) is 2.33. The average molecular weight is 262 g/mol. The summed E-state index contributed by atoms with van der Waals surface area (Å²) >= 11 is 0. The monoisotopic (exact) mass is 262 g/mol. The first-order valence-electron chi connectivity index (χ1n) is 6.67. The lowest BCUT2D eigenvalue weighted by Gasteiger charge is -2.43. The summed E-state index contributed by atoms with van der Waals surface area (Å²) in [5.74, 6) is -0.0162. The van der Waals surface area contributed by atoms with Gasteiger partial charge in [-0.2, -0.15) is 0 Å². The topological polar surface area (TPSA) is 43.8 Å². The molecule has 0 aromatic heterocycles. The van der Waals surface area contributed by atoms with Crippen molar-refractivity contribution in [3.63, 3.8) is 0 Å². The van der Waals surface area contributed by atoms with Gasteiger partial charge in [0.1, 0.15) is 6.04 Å². The van der Waals surface area contributed by atoms with Gasteiger partial charge in [0.2, 0.25) is 5.91 Å². The number of hydrogen-bond acceptors (Lipinski definition) is 3. The lowest BCUT2D eigenvalue weighted by Crippen LogP contribution is -2.61. The van der Waals surface area contributed by atoms with Gasteiger partial charge in [0.05, 0.1) is 6.61 Å². The van der Waals surface area contributed by atoms with Crippen molar-refractivity contribution >= 4 is 11.6 Å². The third kappa shape index (κ3) is 2.51. The first-order valence-corrected chi connectivity index (χ1v) is 6.67. The van der Waals surface area contributed by atoms with Crippen molar-refractivity contribution in [2.75, 3.05) is 25.1 Å². The minimum Gasteiger partial charge on any atom is -0.394 e. The van der Waals surface area contributed by atoms with Gasteiger partial charge in [-0.05, 0) is 45.0 Å². The molecule has 1 fully saturated rings. The van der Waals surface area contributed by atoms with Gasteiger partial charge in [0.25, 0.3) is 0 Å². The van der Waals surface area contributed by atoms with Crippen LogP contribution in [0.15, 0.2) is 18.2 Å². The molecule has 2 rings (SSSR count). The second-order valence-electron chi connectivity index (χ2n) is 5.49. The Morgan fingerprint density at radius 3 is 2.68 bits per heavy atom. The summed E-state index contributed by atoms with van der Waals surface area (Å²) in [7, 11) is 1.88. The van der Waals surface area contributed by atoms with Crippen LogP contribution >= 0.6 is 0 Å². The Kier molecular flexibility index (Phi) is 3.92. The molecule has 104 valence electrons. The molecule has 1 aliphatic rings. The number of carbonyl (C=O) groups is 1. The van der Waals surface area contributed by atoms with Crippen molar-refractivity contribution in [3.8, 4) is 0 Å². The number of aliphatic hydroxyl groups is 1. The van der Waals surface area contributed by atoms with Crippen molar-refractivity contribution in [2.45, 2.75) is 32.9 Å². The Morgan fingerprint density at radius 1 is 1.37 bits per heavy atom. The fraction of sp³-hybridized carbons (Fsp3) is 0.533. The highest BCUT2D eigenvalue weighted by Gasteiger charge is 2.37. The van der Waals surface area contributed by atoms with Gasteiger partial charge in [-0.25, -0.2) is 0 Å². The third-order valence-corrected chi connectivity index (χ3v) is 3.84. The second kappa shape index (κ2) is 5.31. The van der Waals surface area contributed by atoms with Gasteiger partial charge in [0, 0.05) is 18.3 Å². The van der Waals surface area contributed by atoms with Gasteiger partial charge in [-0.3, -0.25) is 9.69 Å². The van der Waals surface area contributed by atoms with E-state index in [1.165, 1.54) is 0 Å². The SMILES string of the molecule is Cc1ccc(C)c(N2C(=O)C(CO)N(C)CC2C)c1. The number of nitrogens with zero attached hydrogens (tertiary/aromatic N) is 2. The second-order valence-corrected chi connectivity index (χ2v) is 5.49. The van der Waals surface area contributed by atoms with E-state index in [9.17, 15) is 9.90 Å². The molecule has 0 radical (unpaired) electrons. The normalized spacial score (nSPS) is 24.9. The molecule has 19 heavy (non-hydrogen) atoms. The summed E-state index contributed by atoms with van der Waals surface area (Å²) in [5.41, 5.74) is 3.19. The van der Waals surface area contributed by atoms with E-state index < -0.39 is 6.04 Å². The molecule has 0 aliphatic carbocycles. The molecule has 4 heteroatoms. The van der Waals surface area contributed by atoms with Crippen molar-refractivity contribution in [2.24, 2.45) is 0 Å². The zero-order valence-corrected chi connectivity index (χ0v) is 12.1. The zero-order chi connectivity index (χ0) is 14.2. The van der Waals surface area contributed by atoms with Crippen LogP contribution in [0.1, 0.15) is 18.1 Å². The minimum absolute atomic E-state index is 0.0162. The number of carbonyl (C=O) groups excluding carboxylic acids is 1. The highest BCUT2D eigenvalue weighted by atomic mass is 16.3. The number of anilines is 1. The van der Waals surface area contributed by atoms with Gasteiger partial charge >= 0.3 is 0 Å². The third-order valence-electron chi connectivity index (χ3n) is 3.84. The van der Waals surface area contributed by atoms with Crippen LogP contribution in [-0.2, 0) is 4.79 Å². The van der Waals surface area contributed by atoms with E-state index >= 15 is 0 Å².